The molecule has 1 aromatic heterocycles. The minimum Gasteiger partial charge on any atom is -0.396 e. The topological polar surface area (TPSA) is 102 Å². The number of nitrogens with one attached hydrogen (secondary N) is 1. The Morgan fingerprint density at radius 3 is 2.81 bits per heavy atom. The maximum absolute atomic E-state index is 12.6. The molecular weight excluding hydrogens is 356 g/mol. The van der Waals surface area contributed by atoms with Gasteiger partial charge in [0.25, 0.3) is 0 Å². The van der Waals surface area contributed by atoms with E-state index in [9.17, 15) is 15.0 Å². The minimum atomic E-state index is -0.745. The molecule has 7 nitrogen and oxygen atoms in total. The highest BCUT2D eigenvalue weighted by Gasteiger charge is 2.43. The Balaban J connectivity index is 1.66. The van der Waals surface area contributed by atoms with Gasteiger partial charge in [-0.3, -0.25) is 9.89 Å². The van der Waals surface area contributed by atoms with Crippen molar-refractivity contribution >= 4 is 17.5 Å². The third-order valence-electron chi connectivity index (χ3n) is 5.03. The van der Waals surface area contributed by atoms with Crippen molar-refractivity contribution in [3.8, 4) is 0 Å². The van der Waals surface area contributed by atoms with Crippen LogP contribution < -0.4 is 0 Å². The van der Waals surface area contributed by atoms with E-state index in [4.69, 9.17) is 11.6 Å². The van der Waals surface area contributed by atoms with E-state index in [1.807, 2.05) is 30.3 Å². The quantitative estimate of drug-likeness (QED) is 0.701. The Hall–Kier alpha value is -1.96. The van der Waals surface area contributed by atoms with Crippen LogP contribution in [0.25, 0.3) is 0 Å². The molecule has 1 aromatic carbocycles. The van der Waals surface area contributed by atoms with Crippen molar-refractivity contribution in [2.45, 2.75) is 31.8 Å². The molecule has 0 unspecified atom stereocenters. The first-order chi connectivity index (χ1) is 12.5. The molecule has 2 heterocycles. The molecule has 0 aliphatic carbocycles. The van der Waals surface area contributed by atoms with Gasteiger partial charge in [-0.05, 0) is 30.0 Å². The lowest BCUT2D eigenvalue weighted by Gasteiger charge is -2.45. The maximum atomic E-state index is 12.6. The SMILES string of the molecule is O=C(CCc1nc(Cl)n[nH]1)N1CC[C@@H](O)[C@@](CO)(Cc2ccccc2)C1. The number of benzene rings is 1. The first-order valence-corrected chi connectivity index (χ1v) is 9.07. The molecule has 26 heavy (non-hydrogen) atoms. The number of aliphatic hydroxyl groups excluding tert-OH is 2. The number of carbonyl (C=O) groups excluding carboxylic acids is 1. The summed E-state index contributed by atoms with van der Waals surface area (Å²) in [6, 6.07) is 9.73. The zero-order chi connectivity index (χ0) is 18.6. The fraction of sp³-hybridized carbons (Fsp3) is 0.500. The molecule has 0 spiro atoms. The lowest BCUT2D eigenvalue weighted by atomic mass is 9.73. The highest BCUT2D eigenvalue weighted by Crippen LogP contribution is 2.34. The molecule has 1 aliphatic heterocycles. The standard InChI is InChI=1S/C18H23ClN4O3/c19-17-20-15(21-22-17)6-7-16(26)23-9-8-14(25)18(11-23,12-24)10-13-4-2-1-3-5-13/h1-5,14,24-25H,6-12H2,(H,20,21,22)/t14-,18+/m1/s1. The summed E-state index contributed by atoms with van der Waals surface area (Å²) in [7, 11) is 0. The van der Waals surface area contributed by atoms with Crippen molar-refractivity contribution in [1.82, 2.24) is 20.1 Å². The molecule has 8 heteroatoms. The van der Waals surface area contributed by atoms with Gasteiger partial charge >= 0.3 is 0 Å². The third kappa shape index (κ3) is 4.23. The van der Waals surface area contributed by atoms with Gasteiger partial charge in [0.15, 0.2) is 0 Å². The fourth-order valence-corrected chi connectivity index (χ4v) is 3.66. The van der Waals surface area contributed by atoms with Gasteiger partial charge in [-0.15, -0.1) is 5.10 Å². The lowest BCUT2D eigenvalue weighted by Crippen LogP contribution is -2.56. The van der Waals surface area contributed by atoms with Crippen molar-refractivity contribution in [1.29, 1.82) is 0 Å². The molecule has 0 radical (unpaired) electrons. The van der Waals surface area contributed by atoms with Gasteiger partial charge in [0.05, 0.1) is 12.7 Å². The van der Waals surface area contributed by atoms with Crippen molar-refractivity contribution in [2.75, 3.05) is 19.7 Å². The Morgan fingerprint density at radius 2 is 2.15 bits per heavy atom. The van der Waals surface area contributed by atoms with E-state index in [1.165, 1.54) is 0 Å². The molecule has 0 saturated carbocycles. The van der Waals surface area contributed by atoms with Crippen LogP contribution in [0.3, 0.4) is 0 Å². The summed E-state index contributed by atoms with van der Waals surface area (Å²) < 4.78 is 0. The molecule has 0 bridgehead atoms. The van der Waals surface area contributed by atoms with Crippen LogP contribution in [-0.2, 0) is 17.6 Å². The third-order valence-corrected chi connectivity index (χ3v) is 5.20. The number of amides is 1. The summed E-state index contributed by atoms with van der Waals surface area (Å²) in [5, 5.41) is 27.2. The number of aliphatic hydroxyl groups is 2. The van der Waals surface area contributed by atoms with Gasteiger partial charge in [-0.1, -0.05) is 30.3 Å². The summed E-state index contributed by atoms with van der Waals surface area (Å²) in [4.78, 5) is 18.3. The van der Waals surface area contributed by atoms with Crippen LogP contribution >= 0.6 is 11.6 Å². The second-order valence-electron chi connectivity index (χ2n) is 6.85. The number of aromatic nitrogens is 3. The molecule has 1 fully saturated rings. The Bertz CT molecular complexity index is 739. The number of halogens is 1. The number of nitrogens with zero attached hydrogens (tertiary/aromatic N) is 3. The minimum absolute atomic E-state index is 0.0321. The van der Waals surface area contributed by atoms with Crippen molar-refractivity contribution < 1.29 is 15.0 Å². The summed E-state index contributed by atoms with van der Waals surface area (Å²) in [6.07, 6.45) is 1.02. The predicted molar refractivity (Wildman–Crippen MR) is 96.6 cm³/mol. The summed E-state index contributed by atoms with van der Waals surface area (Å²) >= 11 is 5.67. The van der Waals surface area contributed by atoms with Crippen molar-refractivity contribution in [3.05, 3.63) is 47.0 Å². The highest BCUT2D eigenvalue weighted by atomic mass is 35.5. The molecule has 140 valence electrons. The highest BCUT2D eigenvalue weighted by molar-refractivity contribution is 6.28. The smallest absolute Gasteiger partial charge is 0.242 e. The van der Waals surface area contributed by atoms with Gasteiger partial charge < -0.3 is 15.1 Å². The number of aryl methyl sites for hydroxylation is 1. The van der Waals surface area contributed by atoms with Crippen molar-refractivity contribution in [2.24, 2.45) is 5.41 Å². The number of carbonyl (C=O) groups is 1. The number of hydrogen-bond acceptors (Lipinski definition) is 5. The van der Waals surface area contributed by atoms with Gasteiger partial charge in [-0.2, -0.15) is 0 Å². The second kappa shape index (κ2) is 8.16. The van der Waals surface area contributed by atoms with Crippen LogP contribution in [0.5, 0.6) is 0 Å². The van der Waals surface area contributed by atoms with Gasteiger partial charge in [0, 0.05) is 31.3 Å². The van der Waals surface area contributed by atoms with E-state index in [0.29, 0.717) is 38.2 Å². The fourth-order valence-electron chi connectivity index (χ4n) is 3.52. The second-order valence-corrected chi connectivity index (χ2v) is 7.19. The molecule has 1 aliphatic rings. The zero-order valence-corrected chi connectivity index (χ0v) is 15.2. The van der Waals surface area contributed by atoms with E-state index in [2.05, 4.69) is 15.2 Å². The number of aromatic amines is 1. The molecule has 3 N–H and O–H groups in total. The molecular formula is C18H23ClN4O3. The molecule has 2 atom stereocenters. The first-order valence-electron chi connectivity index (χ1n) is 8.70. The lowest BCUT2D eigenvalue weighted by molar-refractivity contribution is -0.141. The molecule has 2 aromatic rings. The molecule has 3 rings (SSSR count). The first kappa shape index (κ1) is 18.8. The van der Waals surface area contributed by atoms with Crippen molar-refractivity contribution in [3.63, 3.8) is 0 Å². The average Bonchev–Trinajstić information content (AvgIpc) is 3.07. The summed E-state index contributed by atoms with van der Waals surface area (Å²) in [6.45, 7) is 0.633. The monoisotopic (exact) mass is 378 g/mol. The molecule has 1 saturated heterocycles. The van der Waals surface area contributed by atoms with Crippen LogP contribution in [0.4, 0.5) is 0 Å². The van der Waals surface area contributed by atoms with Crippen LogP contribution in [0.1, 0.15) is 24.2 Å². The number of hydrogen-bond donors (Lipinski definition) is 3. The van der Waals surface area contributed by atoms with Crippen LogP contribution in [-0.4, -0.2) is 62.0 Å². The molecule has 1 amide bonds. The van der Waals surface area contributed by atoms with Crippen LogP contribution in [0.15, 0.2) is 30.3 Å². The predicted octanol–water partition coefficient (Wildman–Crippen LogP) is 1.21. The largest absolute Gasteiger partial charge is 0.396 e. The normalized spacial score (nSPS) is 23.2. The van der Waals surface area contributed by atoms with Crippen LogP contribution in [0, 0.1) is 5.41 Å². The van der Waals surface area contributed by atoms with E-state index in [-0.39, 0.29) is 24.2 Å². The van der Waals surface area contributed by atoms with Crippen LogP contribution in [0.2, 0.25) is 5.28 Å². The van der Waals surface area contributed by atoms with E-state index in [1.54, 1.807) is 4.90 Å². The zero-order valence-electron chi connectivity index (χ0n) is 14.4. The van der Waals surface area contributed by atoms with Gasteiger partial charge in [0.2, 0.25) is 11.2 Å². The number of piperidine rings is 1. The Kier molecular flexibility index (Phi) is 5.90. The van der Waals surface area contributed by atoms with E-state index < -0.39 is 11.5 Å². The maximum Gasteiger partial charge on any atom is 0.242 e. The van der Waals surface area contributed by atoms with Gasteiger partial charge in [0.1, 0.15) is 5.82 Å². The number of H-pyrrole nitrogens is 1. The number of rotatable bonds is 6. The van der Waals surface area contributed by atoms with E-state index in [0.717, 1.165) is 5.56 Å². The number of likely N-dealkylation sites (tertiary alicyclic amines) is 1. The van der Waals surface area contributed by atoms with E-state index >= 15 is 0 Å². The Labute approximate surface area is 157 Å². The average molecular weight is 379 g/mol. The van der Waals surface area contributed by atoms with Gasteiger partial charge in [-0.25, -0.2) is 4.98 Å². The summed E-state index contributed by atoms with van der Waals surface area (Å²) in [5.41, 5.74) is 0.288. The summed E-state index contributed by atoms with van der Waals surface area (Å²) in [5.74, 6) is 0.536. The Morgan fingerprint density at radius 1 is 1.38 bits per heavy atom.